The van der Waals surface area contributed by atoms with Crippen molar-refractivity contribution >= 4 is 11.3 Å². The maximum Gasteiger partial charge on any atom is 0.0931 e. The first-order chi connectivity index (χ1) is 9.22. The van der Waals surface area contributed by atoms with E-state index < -0.39 is 0 Å². The van der Waals surface area contributed by atoms with Crippen molar-refractivity contribution in [1.29, 1.82) is 0 Å². The molecule has 0 aliphatic heterocycles. The van der Waals surface area contributed by atoms with Gasteiger partial charge in [-0.3, -0.25) is 0 Å². The van der Waals surface area contributed by atoms with Crippen LogP contribution in [0, 0.1) is 5.92 Å². The Balaban J connectivity index is 1.64. The van der Waals surface area contributed by atoms with E-state index in [0.717, 1.165) is 18.5 Å². The van der Waals surface area contributed by atoms with Crippen molar-refractivity contribution in [2.75, 3.05) is 6.54 Å². The van der Waals surface area contributed by atoms with Gasteiger partial charge in [-0.25, -0.2) is 4.98 Å². The summed E-state index contributed by atoms with van der Waals surface area (Å²) in [4.78, 5) is 6.57. The second-order valence-electron chi connectivity index (χ2n) is 6.62. The second-order valence-corrected chi connectivity index (χ2v) is 7.79. The molecule has 1 aromatic heterocycles. The van der Waals surface area contributed by atoms with Crippen molar-refractivity contribution < 1.29 is 0 Å². The number of hydrogen-bond donors (Lipinski definition) is 1. The van der Waals surface area contributed by atoms with E-state index in [-0.39, 0.29) is 0 Å². The molecular formula is C16H26N2S. The minimum atomic E-state index is 0.688. The molecule has 1 unspecified atom stereocenters. The van der Waals surface area contributed by atoms with Crippen molar-refractivity contribution in [2.24, 2.45) is 5.92 Å². The van der Waals surface area contributed by atoms with Crippen molar-refractivity contribution in [3.8, 4) is 0 Å². The van der Waals surface area contributed by atoms with E-state index in [1.54, 1.807) is 4.88 Å². The number of aromatic nitrogens is 1. The van der Waals surface area contributed by atoms with Gasteiger partial charge in [0.15, 0.2) is 0 Å². The van der Waals surface area contributed by atoms with E-state index in [4.69, 9.17) is 4.98 Å². The average molecular weight is 278 g/mol. The van der Waals surface area contributed by atoms with E-state index in [0.29, 0.717) is 5.92 Å². The fourth-order valence-electron chi connectivity index (χ4n) is 2.87. The van der Waals surface area contributed by atoms with E-state index >= 15 is 0 Å². The first-order valence-electron chi connectivity index (χ1n) is 7.94. The predicted molar refractivity (Wildman–Crippen MR) is 82.0 cm³/mol. The Morgan fingerprint density at radius 2 is 2.16 bits per heavy atom. The number of aryl methyl sites for hydroxylation is 2. The molecule has 2 aliphatic rings. The van der Waals surface area contributed by atoms with Crippen LogP contribution in [0.4, 0.5) is 0 Å². The van der Waals surface area contributed by atoms with Gasteiger partial charge >= 0.3 is 0 Å². The molecule has 0 saturated heterocycles. The van der Waals surface area contributed by atoms with E-state index in [1.807, 2.05) is 11.3 Å². The van der Waals surface area contributed by atoms with Crippen LogP contribution < -0.4 is 5.32 Å². The van der Waals surface area contributed by atoms with Crippen LogP contribution in [0.1, 0.15) is 67.4 Å². The van der Waals surface area contributed by atoms with Crippen LogP contribution in [-0.4, -0.2) is 17.6 Å². The van der Waals surface area contributed by atoms with Crippen LogP contribution in [0.5, 0.6) is 0 Å². The molecule has 2 aliphatic carbocycles. The molecular weight excluding hydrogens is 252 g/mol. The standard InChI is InChI=1S/C16H26N2S/c1-11(2)6-9-15-18-16-12(10-17-13-7-8-13)4-3-5-14(16)19-15/h11-13,17H,3-10H2,1-2H3. The second kappa shape index (κ2) is 5.92. The molecule has 0 aromatic carbocycles. The van der Waals surface area contributed by atoms with Crippen molar-refractivity contribution in [2.45, 2.75) is 70.8 Å². The lowest BCUT2D eigenvalue weighted by atomic mass is 9.91. The lowest BCUT2D eigenvalue weighted by Gasteiger charge is -2.21. The van der Waals surface area contributed by atoms with Crippen LogP contribution in [0.15, 0.2) is 0 Å². The van der Waals surface area contributed by atoms with Gasteiger partial charge in [0, 0.05) is 23.4 Å². The largest absolute Gasteiger partial charge is 0.313 e. The van der Waals surface area contributed by atoms with Crippen LogP contribution in [-0.2, 0) is 12.8 Å². The van der Waals surface area contributed by atoms with Crippen molar-refractivity contribution in [3.63, 3.8) is 0 Å². The zero-order valence-electron chi connectivity index (χ0n) is 12.2. The molecule has 3 heteroatoms. The lowest BCUT2D eigenvalue weighted by molar-refractivity contribution is 0.499. The van der Waals surface area contributed by atoms with E-state index in [2.05, 4.69) is 19.2 Å². The summed E-state index contributed by atoms with van der Waals surface area (Å²) in [5.41, 5.74) is 1.45. The summed E-state index contributed by atoms with van der Waals surface area (Å²) in [6.07, 6.45) is 9.19. The lowest BCUT2D eigenvalue weighted by Crippen LogP contribution is -2.25. The Morgan fingerprint density at radius 1 is 1.32 bits per heavy atom. The molecule has 19 heavy (non-hydrogen) atoms. The maximum atomic E-state index is 4.98. The number of thiazole rings is 1. The molecule has 1 aromatic rings. The van der Waals surface area contributed by atoms with Gasteiger partial charge in [0.25, 0.3) is 0 Å². The molecule has 0 bridgehead atoms. The number of nitrogens with one attached hydrogen (secondary N) is 1. The first-order valence-corrected chi connectivity index (χ1v) is 8.76. The summed E-state index contributed by atoms with van der Waals surface area (Å²) in [6.45, 7) is 5.76. The van der Waals surface area contributed by atoms with Crippen LogP contribution >= 0.6 is 11.3 Å². The highest BCUT2D eigenvalue weighted by molar-refractivity contribution is 7.11. The minimum Gasteiger partial charge on any atom is -0.313 e. The zero-order valence-corrected chi connectivity index (χ0v) is 13.1. The van der Waals surface area contributed by atoms with Gasteiger partial charge in [0.05, 0.1) is 10.7 Å². The summed E-state index contributed by atoms with van der Waals surface area (Å²) in [5, 5.41) is 5.08. The van der Waals surface area contributed by atoms with Gasteiger partial charge in [-0.2, -0.15) is 0 Å². The highest BCUT2D eigenvalue weighted by atomic mass is 32.1. The predicted octanol–water partition coefficient (Wildman–Crippen LogP) is 3.90. The van der Waals surface area contributed by atoms with Gasteiger partial charge < -0.3 is 5.32 Å². The molecule has 0 spiro atoms. The zero-order chi connectivity index (χ0) is 13.2. The van der Waals surface area contributed by atoms with Crippen LogP contribution in [0.25, 0.3) is 0 Å². The molecule has 1 N–H and O–H groups in total. The minimum absolute atomic E-state index is 0.688. The Hall–Kier alpha value is -0.410. The fourth-order valence-corrected chi connectivity index (χ4v) is 4.08. The number of rotatable bonds is 6. The Labute approximate surface area is 121 Å². The third kappa shape index (κ3) is 3.57. The molecule has 0 amide bonds. The van der Waals surface area contributed by atoms with Crippen LogP contribution in [0.3, 0.4) is 0 Å². The maximum absolute atomic E-state index is 4.98. The van der Waals surface area contributed by atoms with Gasteiger partial charge in [-0.1, -0.05) is 13.8 Å². The average Bonchev–Trinajstić information content (AvgIpc) is 3.11. The van der Waals surface area contributed by atoms with Crippen molar-refractivity contribution in [1.82, 2.24) is 10.3 Å². The summed E-state index contributed by atoms with van der Waals surface area (Å²) < 4.78 is 0. The van der Waals surface area contributed by atoms with E-state index in [1.165, 1.54) is 55.6 Å². The van der Waals surface area contributed by atoms with Crippen molar-refractivity contribution in [3.05, 3.63) is 15.6 Å². The number of fused-ring (bicyclic) bond motifs is 1. The van der Waals surface area contributed by atoms with Crippen LogP contribution in [0.2, 0.25) is 0 Å². The highest BCUT2D eigenvalue weighted by Gasteiger charge is 2.27. The Kier molecular flexibility index (Phi) is 4.23. The highest BCUT2D eigenvalue weighted by Crippen LogP contribution is 2.35. The first kappa shape index (κ1) is 13.6. The molecule has 1 heterocycles. The summed E-state index contributed by atoms with van der Waals surface area (Å²) >= 11 is 1.99. The van der Waals surface area contributed by atoms with Gasteiger partial charge in [-0.15, -0.1) is 11.3 Å². The molecule has 106 valence electrons. The summed E-state index contributed by atoms with van der Waals surface area (Å²) in [7, 11) is 0. The Morgan fingerprint density at radius 3 is 2.89 bits per heavy atom. The topological polar surface area (TPSA) is 24.9 Å². The van der Waals surface area contributed by atoms with E-state index in [9.17, 15) is 0 Å². The molecule has 2 nitrogen and oxygen atoms in total. The third-order valence-corrected chi connectivity index (χ3v) is 5.47. The molecule has 1 atom stereocenters. The molecule has 0 radical (unpaired) electrons. The molecule has 1 saturated carbocycles. The van der Waals surface area contributed by atoms with Gasteiger partial charge in [0.2, 0.25) is 0 Å². The molecule has 1 fully saturated rings. The summed E-state index contributed by atoms with van der Waals surface area (Å²) in [6, 6.07) is 0.824. The monoisotopic (exact) mass is 278 g/mol. The number of nitrogens with zero attached hydrogens (tertiary/aromatic N) is 1. The quantitative estimate of drug-likeness (QED) is 0.853. The summed E-state index contributed by atoms with van der Waals surface area (Å²) in [5.74, 6) is 1.47. The Bertz CT molecular complexity index is 420. The smallest absolute Gasteiger partial charge is 0.0931 e. The normalized spacial score (nSPS) is 22.8. The number of hydrogen-bond acceptors (Lipinski definition) is 3. The SMILES string of the molecule is CC(C)CCc1nc2c(s1)CCCC2CNC1CC1. The third-order valence-electron chi connectivity index (χ3n) is 4.28. The molecule has 3 rings (SSSR count). The van der Waals surface area contributed by atoms with Gasteiger partial charge in [0.1, 0.15) is 0 Å². The van der Waals surface area contributed by atoms with Gasteiger partial charge in [-0.05, 0) is 50.9 Å². The fraction of sp³-hybridized carbons (Fsp3) is 0.812.